The molecule has 0 spiro atoms. The maximum absolute atomic E-state index is 11.4. The van der Waals surface area contributed by atoms with Crippen LogP contribution in [0.2, 0.25) is 0 Å². The van der Waals surface area contributed by atoms with E-state index in [1.54, 1.807) is 40.7 Å². The van der Waals surface area contributed by atoms with Crippen LogP contribution in [0.15, 0.2) is 35.7 Å². The molecule has 0 saturated carbocycles. The predicted molar refractivity (Wildman–Crippen MR) is 75.3 cm³/mol. The molecule has 106 valence electrons. The first-order valence-electron chi connectivity index (χ1n) is 5.91. The van der Waals surface area contributed by atoms with Gasteiger partial charge in [-0.1, -0.05) is 17.8 Å². The highest BCUT2D eigenvalue weighted by Gasteiger charge is 2.05. The molecule has 0 aliphatic heterocycles. The fourth-order valence-corrected chi connectivity index (χ4v) is 2.22. The average Bonchev–Trinajstić information content (AvgIpc) is 2.88. The van der Waals surface area contributed by atoms with Gasteiger partial charge in [0.25, 0.3) is 5.91 Å². The molecular weight excluding hydrogens is 278 g/mol. The molecule has 7 nitrogen and oxygen atoms in total. The Morgan fingerprint density at radius 2 is 2.40 bits per heavy atom. The zero-order chi connectivity index (χ0) is 14.4. The lowest BCUT2D eigenvalue weighted by Gasteiger charge is -2.07. The minimum atomic E-state index is -0.344. The fraction of sp³-hybridized carbons (Fsp3) is 0.250. The van der Waals surface area contributed by atoms with E-state index in [-0.39, 0.29) is 5.91 Å². The summed E-state index contributed by atoms with van der Waals surface area (Å²) in [6.45, 7) is 0.505. The Morgan fingerprint density at radius 1 is 1.55 bits per heavy atom. The topological polar surface area (TPSA) is 95.1 Å². The number of nitrogen functional groups attached to an aromatic ring is 1. The molecular formula is C12H15N5O2S. The van der Waals surface area contributed by atoms with Gasteiger partial charge in [-0.3, -0.25) is 10.2 Å². The molecule has 3 N–H and O–H groups in total. The summed E-state index contributed by atoms with van der Waals surface area (Å²) in [6, 6.07) is 6.86. The quantitative estimate of drug-likeness (QED) is 0.266. The SMILES string of the molecule is Cn1ncnc1SCCOc1cccc(C(=O)NN)c1. The zero-order valence-corrected chi connectivity index (χ0v) is 11.8. The number of carbonyl (C=O) groups excluding carboxylic acids is 1. The Balaban J connectivity index is 1.82. The van der Waals surface area contributed by atoms with Gasteiger partial charge in [-0.15, -0.1) is 0 Å². The van der Waals surface area contributed by atoms with Crippen molar-refractivity contribution < 1.29 is 9.53 Å². The Hall–Kier alpha value is -2.06. The maximum atomic E-state index is 11.4. The molecule has 1 aromatic carbocycles. The van der Waals surface area contributed by atoms with Crippen LogP contribution < -0.4 is 16.0 Å². The molecule has 20 heavy (non-hydrogen) atoms. The third-order valence-corrected chi connectivity index (χ3v) is 3.48. The van der Waals surface area contributed by atoms with E-state index in [0.717, 1.165) is 10.9 Å². The molecule has 0 atom stereocenters. The van der Waals surface area contributed by atoms with Gasteiger partial charge < -0.3 is 4.74 Å². The highest BCUT2D eigenvalue weighted by molar-refractivity contribution is 7.99. The maximum Gasteiger partial charge on any atom is 0.265 e. The number of benzene rings is 1. The molecule has 2 aromatic rings. The Morgan fingerprint density at radius 3 is 3.10 bits per heavy atom. The summed E-state index contributed by atoms with van der Waals surface area (Å²) in [6.07, 6.45) is 1.51. The molecule has 1 aromatic heterocycles. The molecule has 1 amide bonds. The van der Waals surface area contributed by atoms with Crippen LogP contribution in [0.5, 0.6) is 5.75 Å². The van der Waals surface area contributed by atoms with Gasteiger partial charge in [-0.05, 0) is 18.2 Å². The number of thioether (sulfide) groups is 1. The number of ether oxygens (including phenoxy) is 1. The number of hydrogen-bond donors (Lipinski definition) is 2. The van der Waals surface area contributed by atoms with Crippen molar-refractivity contribution in [3.8, 4) is 5.75 Å². The Labute approximate surface area is 120 Å². The van der Waals surface area contributed by atoms with Crippen LogP contribution in [0, 0.1) is 0 Å². The molecule has 0 fully saturated rings. The van der Waals surface area contributed by atoms with Crippen LogP contribution in [0.1, 0.15) is 10.4 Å². The van der Waals surface area contributed by atoms with Crippen molar-refractivity contribution in [3.63, 3.8) is 0 Å². The van der Waals surface area contributed by atoms with E-state index in [0.29, 0.717) is 17.9 Å². The van der Waals surface area contributed by atoms with Gasteiger partial charge in [-0.25, -0.2) is 15.5 Å². The molecule has 2 rings (SSSR count). The summed E-state index contributed by atoms with van der Waals surface area (Å²) in [7, 11) is 1.84. The molecule has 0 saturated heterocycles. The predicted octanol–water partition coefficient (Wildman–Crippen LogP) is 0.590. The summed E-state index contributed by atoms with van der Waals surface area (Å²) >= 11 is 1.55. The Kier molecular flexibility index (Phi) is 4.97. The van der Waals surface area contributed by atoms with E-state index in [2.05, 4.69) is 15.5 Å². The van der Waals surface area contributed by atoms with Crippen molar-refractivity contribution in [1.82, 2.24) is 20.2 Å². The lowest BCUT2D eigenvalue weighted by molar-refractivity contribution is 0.0953. The number of aromatic nitrogens is 3. The van der Waals surface area contributed by atoms with Crippen molar-refractivity contribution in [3.05, 3.63) is 36.2 Å². The number of nitrogens with zero attached hydrogens (tertiary/aromatic N) is 3. The number of nitrogens with two attached hydrogens (primary N) is 1. The van der Waals surface area contributed by atoms with Crippen molar-refractivity contribution in [2.24, 2.45) is 12.9 Å². The minimum Gasteiger partial charge on any atom is -0.493 e. The number of hydrogen-bond acceptors (Lipinski definition) is 6. The van der Waals surface area contributed by atoms with Crippen LogP contribution in [-0.2, 0) is 7.05 Å². The molecule has 0 radical (unpaired) electrons. The van der Waals surface area contributed by atoms with E-state index >= 15 is 0 Å². The first kappa shape index (κ1) is 14.4. The molecule has 8 heteroatoms. The summed E-state index contributed by atoms with van der Waals surface area (Å²) in [5, 5.41) is 4.82. The number of carbonyl (C=O) groups is 1. The number of nitrogens with one attached hydrogen (secondary N) is 1. The van der Waals surface area contributed by atoms with Gasteiger partial charge in [-0.2, -0.15) is 5.10 Å². The number of aryl methyl sites for hydroxylation is 1. The van der Waals surface area contributed by atoms with Crippen molar-refractivity contribution >= 4 is 17.7 Å². The number of amides is 1. The third kappa shape index (κ3) is 3.72. The van der Waals surface area contributed by atoms with Crippen LogP contribution in [0.3, 0.4) is 0 Å². The van der Waals surface area contributed by atoms with Crippen molar-refractivity contribution in [2.45, 2.75) is 5.16 Å². The summed E-state index contributed by atoms with van der Waals surface area (Å²) in [4.78, 5) is 15.5. The first-order valence-corrected chi connectivity index (χ1v) is 6.90. The minimum absolute atomic E-state index is 0.344. The van der Waals surface area contributed by atoms with Gasteiger partial charge in [0, 0.05) is 18.4 Å². The van der Waals surface area contributed by atoms with Gasteiger partial charge >= 0.3 is 0 Å². The van der Waals surface area contributed by atoms with Crippen LogP contribution in [0.25, 0.3) is 0 Å². The largest absolute Gasteiger partial charge is 0.493 e. The summed E-state index contributed by atoms with van der Waals surface area (Å²) in [5.41, 5.74) is 2.55. The first-order chi connectivity index (χ1) is 9.70. The third-order valence-electron chi connectivity index (χ3n) is 2.48. The number of rotatable bonds is 6. The highest BCUT2D eigenvalue weighted by Crippen LogP contribution is 2.16. The normalized spacial score (nSPS) is 10.3. The smallest absolute Gasteiger partial charge is 0.265 e. The van der Waals surface area contributed by atoms with Crippen molar-refractivity contribution in [1.29, 1.82) is 0 Å². The van der Waals surface area contributed by atoms with Crippen LogP contribution in [-0.4, -0.2) is 33.0 Å². The standard InChI is InChI=1S/C12H15N5O2S/c1-17-12(14-8-15-17)20-6-5-19-10-4-2-3-9(7-10)11(18)16-13/h2-4,7-8H,5-6,13H2,1H3,(H,16,18). The fourth-order valence-electron chi connectivity index (χ4n) is 1.52. The van der Waals surface area contributed by atoms with Gasteiger partial charge in [0.2, 0.25) is 0 Å². The molecule has 0 aliphatic carbocycles. The van der Waals surface area contributed by atoms with E-state index in [1.165, 1.54) is 6.33 Å². The van der Waals surface area contributed by atoms with Gasteiger partial charge in [0.15, 0.2) is 5.16 Å². The highest BCUT2D eigenvalue weighted by atomic mass is 32.2. The molecule has 0 aliphatic rings. The van der Waals surface area contributed by atoms with E-state index in [4.69, 9.17) is 10.6 Å². The van der Waals surface area contributed by atoms with Crippen molar-refractivity contribution in [2.75, 3.05) is 12.4 Å². The second kappa shape index (κ2) is 6.92. The molecule has 0 unspecified atom stereocenters. The Bertz CT molecular complexity index is 587. The lowest BCUT2D eigenvalue weighted by Crippen LogP contribution is -2.29. The van der Waals surface area contributed by atoms with E-state index in [1.807, 2.05) is 7.05 Å². The summed E-state index contributed by atoms with van der Waals surface area (Å²) in [5.74, 6) is 6.11. The van der Waals surface area contributed by atoms with E-state index < -0.39 is 0 Å². The lowest BCUT2D eigenvalue weighted by atomic mass is 10.2. The van der Waals surface area contributed by atoms with Gasteiger partial charge in [0.1, 0.15) is 12.1 Å². The van der Waals surface area contributed by atoms with Crippen LogP contribution >= 0.6 is 11.8 Å². The second-order valence-electron chi connectivity index (χ2n) is 3.86. The second-order valence-corrected chi connectivity index (χ2v) is 4.93. The van der Waals surface area contributed by atoms with E-state index in [9.17, 15) is 4.79 Å². The molecule has 0 bridgehead atoms. The monoisotopic (exact) mass is 293 g/mol. The zero-order valence-electron chi connectivity index (χ0n) is 10.9. The average molecular weight is 293 g/mol. The van der Waals surface area contributed by atoms with Gasteiger partial charge in [0.05, 0.1) is 6.61 Å². The molecule has 1 heterocycles. The van der Waals surface area contributed by atoms with Crippen LogP contribution in [0.4, 0.5) is 0 Å². The summed E-state index contributed by atoms with van der Waals surface area (Å²) < 4.78 is 7.29. The number of hydrazine groups is 1.